The first-order chi connectivity index (χ1) is 5.65. The lowest BCUT2D eigenvalue weighted by molar-refractivity contribution is 0.627. The van der Waals surface area contributed by atoms with Crippen LogP contribution in [-0.2, 0) is 0 Å². The van der Waals surface area contributed by atoms with Crippen molar-refractivity contribution in [1.29, 1.82) is 0 Å². The van der Waals surface area contributed by atoms with E-state index >= 15 is 0 Å². The van der Waals surface area contributed by atoms with Crippen molar-refractivity contribution in [3.8, 4) is 0 Å². The summed E-state index contributed by atoms with van der Waals surface area (Å²) < 4.78 is 12.7. The van der Waals surface area contributed by atoms with Crippen LogP contribution in [0, 0.1) is 12.4 Å². The Hall–Kier alpha value is -1.36. The molecule has 1 nitrogen and oxygen atoms in total. The highest BCUT2D eigenvalue weighted by Gasteiger charge is 2.06. The maximum absolute atomic E-state index is 12.7. The van der Waals surface area contributed by atoms with Crippen LogP contribution in [0.3, 0.4) is 0 Å². The number of rotatable bonds is 1. The molecule has 0 amide bonds. The molecule has 0 atom stereocenters. The Morgan fingerprint density at radius 3 is 2.58 bits per heavy atom. The van der Waals surface area contributed by atoms with Gasteiger partial charge in [-0.15, -0.1) is 0 Å². The molecule has 0 saturated carbocycles. The molecule has 0 aliphatic heterocycles. The molecule has 12 heavy (non-hydrogen) atoms. The van der Waals surface area contributed by atoms with Gasteiger partial charge >= 0.3 is 0 Å². The maximum atomic E-state index is 12.7. The second kappa shape index (κ2) is 3.36. The lowest BCUT2D eigenvalue weighted by Gasteiger charge is -2.06. The van der Waals surface area contributed by atoms with Crippen molar-refractivity contribution in [2.24, 2.45) is 0 Å². The van der Waals surface area contributed by atoms with Crippen molar-refractivity contribution in [3.05, 3.63) is 41.0 Å². The molecule has 2 heteroatoms. The summed E-state index contributed by atoms with van der Waals surface area (Å²) in [6.07, 6.45) is 0. The smallest absolute Gasteiger partial charge is 0.193 e. The molecule has 0 N–H and O–H groups in total. The molecular weight excluding hydrogens is 153 g/mol. The minimum absolute atomic E-state index is 0.273. The number of hydrogen-bond acceptors (Lipinski definition) is 0. The average molecular weight is 163 g/mol. The molecule has 1 aromatic carbocycles. The Morgan fingerprint density at radius 2 is 2.08 bits per heavy atom. The van der Waals surface area contributed by atoms with E-state index in [1.807, 2.05) is 13.8 Å². The zero-order valence-electron chi connectivity index (χ0n) is 7.13. The molecule has 0 unspecified atom stereocenters. The van der Waals surface area contributed by atoms with E-state index in [-0.39, 0.29) is 11.7 Å². The number of nitrogens with zero attached hydrogens (tertiary/aromatic N) is 1. The first-order valence-electron chi connectivity index (χ1n) is 3.82. The van der Waals surface area contributed by atoms with E-state index < -0.39 is 0 Å². The molecule has 1 rings (SSSR count). The Balaban J connectivity index is 3.23. The fourth-order valence-corrected chi connectivity index (χ4v) is 1.10. The van der Waals surface area contributed by atoms with E-state index in [0.29, 0.717) is 5.69 Å². The van der Waals surface area contributed by atoms with Gasteiger partial charge in [-0.05, 0) is 23.6 Å². The quantitative estimate of drug-likeness (QED) is 0.558. The molecule has 0 fully saturated rings. The van der Waals surface area contributed by atoms with Gasteiger partial charge < -0.3 is 0 Å². The molecular formula is C10H10FN. The minimum atomic E-state index is -0.342. The van der Waals surface area contributed by atoms with E-state index in [0.717, 1.165) is 5.56 Å². The fourth-order valence-electron chi connectivity index (χ4n) is 1.10. The molecule has 62 valence electrons. The summed E-state index contributed by atoms with van der Waals surface area (Å²) in [6.45, 7) is 10.8. The topological polar surface area (TPSA) is 4.36 Å². The van der Waals surface area contributed by atoms with Gasteiger partial charge in [0.25, 0.3) is 0 Å². The zero-order valence-corrected chi connectivity index (χ0v) is 7.13. The first kappa shape index (κ1) is 8.73. The third kappa shape index (κ3) is 1.62. The first-order valence-corrected chi connectivity index (χ1v) is 3.82. The molecule has 0 radical (unpaired) electrons. The Bertz CT molecular complexity index is 323. The maximum Gasteiger partial charge on any atom is 0.193 e. The Kier molecular flexibility index (Phi) is 2.44. The van der Waals surface area contributed by atoms with E-state index in [2.05, 4.69) is 4.85 Å². The summed E-state index contributed by atoms with van der Waals surface area (Å²) in [5.74, 6) is -0.0694. The Morgan fingerprint density at radius 1 is 1.42 bits per heavy atom. The van der Waals surface area contributed by atoms with Crippen LogP contribution < -0.4 is 0 Å². The fraction of sp³-hybridized carbons (Fsp3) is 0.300. The van der Waals surface area contributed by atoms with Crippen LogP contribution in [0.5, 0.6) is 0 Å². The van der Waals surface area contributed by atoms with E-state index in [1.165, 1.54) is 12.1 Å². The third-order valence-corrected chi connectivity index (χ3v) is 1.73. The van der Waals surface area contributed by atoms with Gasteiger partial charge in [0, 0.05) is 0 Å². The zero-order chi connectivity index (χ0) is 9.14. The molecule has 0 heterocycles. The van der Waals surface area contributed by atoms with Crippen molar-refractivity contribution in [1.82, 2.24) is 0 Å². The molecule has 0 spiro atoms. The van der Waals surface area contributed by atoms with Crippen molar-refractivity contribution in [2.75, 3.05) is 0 Å². The second-order valence-corrected chi connectivity index (χ2v) is 2.97. The van der Waals surface area contributed by atoms with E-state index in [9.17, 15) is 4.39 Å². The van der Waals surface area contributed by atoms with Crippen LogP contribution in [0.2, 0.25) is 0 Å². The molecule has 0 aliphatic carbocycles. The minimum Gasteiger partial charge on any atom is -0.238 e. The Labute approximate surface area is 71.7 Å². The van der Waals surface area contributed by atoms with Crippen LogP contribution >= 0.6 is 0 Å². The molecule has 0 aromatic heterocycles. The van der Waals surface area contributed by atoms with Gasteiger partial charge in [0.1, 0.15) is 5.82 Å². The van der Waals surface area contributed by atoms with Crippen molar-refractivity contribution < 1.29 is 4.39 Å². The van der Waals surface area contributed by atoms with Crippen LogP contribution in [0.4, 0.5) is 10.1 Å². The van der Waals surface area contributed by atoms with Gasteiger partial charge in [-0.1, -0.05) is 19.9 Å². The lowest BCUT2D eigenvalue weighted by atomic mass is 10.0. The predicted octanol–water partition coefficient (Wildman–Crippen LogP) is 3.50. The number of halogens is 1. The van der Waals surface area contributed by atoms with Gasteiger partial charge in [-0.3, -0.25) is 0 Å². The van der Waals surface area contributed by atoms with Crippen LogP contribution in [0.1, 0.15) is 25.3 Å². The van der Waals surface area contributed by atoms with Crippen molar-refractivity contribution in [2.45, 2.75) is 19.8 Å². The van der Waals surface area contributed by atoms with Gasteiger partial charge in [0.2, 0.25) is 0 Å². The second-order valence-electron chi connectivity index (χ2n) is 2.97. The highest BCUT2D eigenvalue weighted by Crippen LogP contribution is 2.27. The summed E-state index contributed by atoms with van der Waals surface area (Å²) in [7, 11) is 0. The average Bonchev–Trinajstić information content (AvgIpc) is 2.03. The molecule has 0 bridgehead atoms. The van der Waals surface area contributed by atoms with Crippen molar-refractivity contribution >= 4 is 5.69 Å². The summed E-state index contributed by atoms with van der Waals surface area (Å²) >= 11 is 0. The van der Waals surface area contributed by atoms with Crippen LogP contribution in [0.15, 0.2) is 18.2 Å². The molecule has 1 aromatic rings. The third-order valence-electron chi connectivity index (χ3n) is 1.73. The van der Waals surface area contributed by atoms with Gasteiger partial charge in [-0.25, -0.2) is 9.24 Å². The van der Waals surface area contributed by atoms with Gasteiger partial charge in [-0.2, -0.15) is 0 Å². The van der Waals surface area contributed by atoms with E-state index in [1.54, 1.807) is 6.07 Å². The van der Waals surface area contributed by atoms with Crippen LogP contribution in [-0.4, -0.2) is 0 Å². The summed E-state index contributed by atoms with van der Waals surface area (Å²) in [5, 5.41) is 0. The van der Waals surface area contributed by atoms with Gasteiger partial charge in [0.05, 0.1) is 6.57 Å². The summed E-state index contributed by atoms with van der Waals surface area (Å²) in [6, 6.07) is 4.35. The number of hydrogen-bond donors (Lipinski definition) is 0. The number of benzene rings is 1. The van der Waals surface area contributed by atoms with Crippen LogP contribution in [0.25, 0.3) is 4.85 Å². The summed E-state index contributed by atoms with van der Waals surface area (Å²) in [5.41, 5.74) is 1.33. The molecule has 0 saturated heterocycles. The normalized spacial score (nSPS) is 9.92. The van der Waals surface area contributed by atoms with Gasteiger partial charge in [0.15, 0.2) is 5.69 Å². The lowest BCUT2D eigenvalue weighted by Crippen LogP contribution is -1.87. The van der Waals surface area contributed by atoms with E-state index in [4.69, 9.17) is 6.57 Å². The highest BCUT2D eigenvalue weighted by molar-refractivity contribution is 5.53. The SMILES string of the molecule is [C-]#[N+]c1cc(F)ccc1C(C)C. The standard InChI is InChI=1S/C10H10FN/c1-7(2)9-5-4-8(11)6-10(9)12-3/h4-7H,1-2H3. The van der Waals surface area contributed by atoms with Crippen molar-refractivity contribution in [3.63, 3.8) is 0 Å². The molecule has 0 aliphatic rings. The highest BCUT2D eigenvalue weighted by atomic mass is 19.1. The summed E-state index contributed by atoms with van der Waals surface area (Å²) in [4.78, 5) is 3.26. The monoisotopic (exact) mass is 163 g/mol. The predicted molar refractivity (Wildman–Crippen MR) is 46.8 cm³/mol. The largest absolute Gasteiger partial charge is 0.238 e.